The van der Waals surface area contributed by atoms with E-state index in [-0.39, 0.29) is 0 Å². The molecule has 1 aromatic rings. The molecule has 1 aromatic heterocycles. The fourth-order valence-electron chi connectivity index (χ4n) is 1.28. The summed E-state index contributed by atoms with van der Waals surface area (Å²) in [5, 5.41) is 6.53. The topological polar surface area (TPSA) is 56.2 Å². The van der Waals surface area contributed by atoms with Crippen LogP contribution in [0.25, 0.3) is 0 Å². The predicted octanol–water partition coefficient (Wildman–Crippen LogP) is 1.09. The summed E-state index contributed by atoms with van der Waals surface area (Å²) in [5.41, 5.74) is 0.541. The number of nitrogens with one attached hydrogen (secondary N) is 1. The predicted molar refractivity (Wildman–Crippen MR) is 56.6 cm³/mol. The monoisotopic (exact) mass is 227 g/mol. The van der Waals surface area contributed by atoms with Crippen molar-refractivity contribution < 1.29 is 13.9 Å². The molecule has 0 bridgehead atoms. The maximum absolute atomic E-state index is 12.5. The number of amides is 1. The molecule has 0 saturated heterocycles. The highest BCUT2D eigenvalue weighted by atomic mass is 19.1. The lowest BCUT2D eigenvalue weighted by Gasteiger charge is -2.11. The van der Waals surface area contributed by atoms with Crippen LogP contribution in [-0.2, 0) is 11.8 Å². The summed E-state index contributed by atoms with van der Waals surface area (Å²) >= 11 is 0. The summed E-state index contributed by atoms with van der Waals surface area (Å²) in [6, 6.07) is -0.448. The fourth-order valence-corrected chi connectivity index (χ4v) is 1.28. The third kappa shape index (κ3) is 2.59. The van der Waals surface area contributed by atoms with Crippen molar-refractivity contribution in [1.82, 2.24) is 15.1 Å². The first-order chi connectivity index (χ1) is 7.45. The Kier molecular flexibility index (Phi) is 3.65. The van der Waals surface area contributed by atoms with E-state index in [9.17, 15) is 9.18 Å². The molecule has 0 aliphatic rings. The third-order valence-corrected chi connectivity index (χ3v) is 2.05. The zero-order valence-electron chi connectivity index (χ0n) is 9.45. The number of carbonyl (C=O) groups is 1. The number of methoxy groups -OCH3 is 1. The molecular weight excluding hydrogens is 213 g/mol. The lowest BCUT2D eigenvalue weighted by molar-refractivity contribution is -0.119. The molecule has 16 heavy (non-hydrogen) atoms. The van der Waals surface area contributed by atoms with E-state index < -0.39 is 17.8 Å². The molecule has 0 aliphatic heterocycles. The Morgan fingerprint density at radius 2 is 2.38 bits per heavy atom. The van der Waals surface area contributed by atoms with Crippen LogP contribution in [0.2, 0.25) is 0 Å². The molecule has 1 atom stereocenters. The zero-order chi connectivity index (χ0) is 12.3. The van der Waals surface area contributed by atoms with E-state index >= 15 is 0 Å². The Hall–Kier alpha value is -1.85. The number of rotatable bonds is 4. The van der Waals surface area contributed by atoms with Crippen LogP contribution in [0.3, 0.4) is 0 Å². The number of nitrogens with zero attached hydrogens (tertiary/aromatic N) is 2. The molecule has 0 radical (unpaired) electrons. The maximum Gasteiger partial charge on any atom is 0.279 e. The number of carbonyl (C=O) groups excluding carboxylic acids is 1. The molecular formula is C10H14FN3O2. The van der Waals surface area contributed by atoms with Crippen molar-refractivity contribution in [3.63, 3.8) is 0 Å². The molecule has 6 heteroatoms. The van der Waals surface area contributed by atoms with Gasteiger partial charge in [0, 0.05) is 7.05 Å². The van der Waals surface area contributed by atoms with Crippen molar-refractivity contribution in [2.75, 3.05) is 7.11 Å². The van der Waals surface area contributed by atoms with E-state index in [1.807, 2.05) is 0 Å². The van der Waals surface area contributed by atoms with E-state index in [1.54, 1.807) is 24.9 Å². The molecule has 1 unspecified atom stereocenters. The van der Waals surface area contributed by atoms with E-state index in [0.29, 0.717) is 11.4 Å². The van der Waals surface area contributed by atoms with Gasteiger partial charge in [-0.2, -0.15) is 5.10 Å². The summed E-state index contributed by atoms with van der Waals surface area (Å²) < 4.78 is 19.1. The van der Waals surface area contributed by atoms with Gasteiger partial charge >= 0.3 is 0 Å². The first-order valence-electron chi connectivity index (χ1n) is 4.68. The molecule has 1 N–H and O–H groups in total. The quantitative estimate of drug-likeness (QED) is 0.783. The van der Waals surface area contributed by atoms with Crippen LogP contribution in [0.5, 0.6) is 5.75 Å². The molecule has 0 aliphatic carbocycles. The van der Waals surface area contributed by atoms with E-state index in [0.717, 1.165) is 0 Å². The van der Waals surface area contributed by atoms with E-state index in [1.165, 1.54) is 7.11 Å². The second-order valence-corrected chi connectivity index (χ2v) is 3.36. The van der Waals surface area contributed by atoms with Gasteiger partial charge in [0.05, 0.1) is 19.3 Å². The van der Waals surface area contributed by atoms with Crippen LogP contribution in [-0.4, -0.2) is 22.8 Å². The van der Waals surface area contributed by atoms with Gasteiger partial charge in [-0.15, -0.1) is 0 Å². The van der Waals surface area contributed by atoms with Crippen LogP contribution >= 0.6 is 0 Å². The van der Waals surface area contributed by atoms with Gasteiger partial charge in [-0.25, -0.2) is 4.39 Å². The summed E-state index contributed by atoms with van der Waals surface area (Å²) in [5.74, 6) is -1.33. The SMILES string of the molecule is C=C(F)C(=O)NC(C)c1nn(C)cc1OC. The Morgan fingerprint density at radius 3 is 2.88 bits per heavy atom. The minimum absolute atomic E-state index is 0.448. The van der Waals surface area contributed by atoms with Crippen LogP contribution in [0.15, 0.2) is 18.6 Å². The molecule has 1 rings (SSSR count). The molecule has 0 saturated carbocycles. The molecule has 88 valence electrons. The fraction of sp³-hybridized carbons (Fsp3) is 0.400. The smallest absolute Gasteiger partial charge is 0.279 e. The van der Waals surface area contributed by atoms with Gasteiger partial charge in [0.15, 0.2) is 11.6 Å². The Labute approximate surface area is 92.9 Å². The van der Waals surface area contributed by atoms with Gasteiger partial charge < -0.3 is 10.1 Å². The Balaban J connectivity index is 2.83. The number of aromatic nitrogens is 2. The third-order valence-electron chi connectivity index (χ3n) is 2.05. The lowest BCUT2D eigenvalue weighted by atomic mass is 10.2. The van der Waals surface area contributed by atoms with Gasteiger partial charge in [0.25, 0.3) is 5.91 Å². The average molecular weight is 227 g/mol. The first kappa shape index (κ1) is 12.2. The minimum atomic E-state index is -1.03. The molecule has 1 amide bonds. The normalized spacial score (nSPS) is 12.0. The van der Waals surface area contributed by atoms with E-state index in [4.69, 9.17) is 4.74 Å². The van der Waals surface area contributed by atoms with Crippen LogP contribution in [0.4, 0.5) is 4.39 Å². The minimum Gasteiger partial charge on any atom is -0.493 e. The van der Waals surface area contributed by atoms with Crippen molar-refractivity contribution in [2.45, 2.75) is 13.0 Å². The molecule has 0 fully saturated rings. The van der Waals surface area contributed by atoms with Gasteiger partial charge in [0.2, 0.25) is 0 Å². The molecule has 0 aromatic carbocycles. The highest BCUT2D eigenvalue weighted by molar-refractivity contribution is 5.90. The second-order valence-electron chi connectivity index (χ2n) is 3.36. The number of halogens is 1. The standard InChI is InChI=1S/C10H14FN3O2/c1-6(11)10(15)12-7(2)9-8(16-4)5-14(3)13-9/h5,7H,1H2,2-4H3,(H,12,15). The van der Waals surface area contributed by atoms with Gasteiger partial charge in [-0.3, -0.25) is 9.48 Å². The summed E-state index contributed by atoms with van der Waals surface area (Å²) in [6.45, 7) is 4.60. The largest absolute Gasteiger partial charge is 0.493 e. The lowest BCUT2D eigenvalue weighted by Crippen LogP contribution is -2.27. The highest BCUT2D eigenvalue weighted by Crippen LogP contribution is 2.22. The Morgan fingerprint density at radius 1 is 1.75 bits per heavy atom. The van der Waals surface area contributed by atoms with Gasteiger partial charge in [-0.1, -0.05) is 6.58 Å². The Bertz CT molecular complexity index is 414. The number of hydrogen-bond acceptors (Lipinski definition) is 3. The van der Waals surface area contributed by atoms with Gasteiger partial charge in [0.1, 0.15) is 5.69 Å². The second kappa shape index (κ2) is 4.78. The average Bonchev–Trinajstić information content (AvgIpc) is 2.59. The molecule has 1 heterocycles. The van der Waals surface area contributed by atoms with Crippen molar-refractivity contribution >= 4 is 5.91 Å². The zero-order valence-corrected chi connectivity index (χ0v) is 9.45. The summed E-state index contributed by atoms with van der Waals surface area (Å²) in [4.78, 5) is 11.1. The number of aryl methyl sites for hydroxylation is 1. The molecule has 0 spiro atoms. The van der Waals surface area contributed by atoms with Crippen LogP contribution in [0, 0.1) is 0 Å². The maximum atomic E-state index is 12.5. The van der Waals surface area contributed by atoms with Crippen molar-refractivity contribution in [1.29, 1.82) is 0 Å². The van der Waals surface area contributed by atoms with Gasteiger partial charge in [-0.05, 0) is 6.92 Å². The van der Waals surface area contributed by atoms with Crippen molar-refractivity contribution in [2.24, 2.45) is 7.05 Å². The summed E-state index contributed by atoms with van der Waals surface area (Å²) in [6.07, 6.45) is 1.67. The first-order valence-corrected chi connectivity index (χ1v) is 4.68. The molecule has 5 nitrogen and oxygen atoms in total. The number of ether oxygens (including phenoxy) is 1. The van der Waals surface area contributed by atoms with E-state index in [2.05, 4.69) is 17.0 Å². The number of hydrogen-bond donors (Lipinski definition) is 1. The summed E-state index contributed by atoms with van der Waals surface area (Å²) in [7, 11) is 3.23. The van der Waals surface area contributed by atoms with Crippen LogP contribution in [0.1, 0.15) is 18.7 Å². The van der Waals surface area contributed by atoms with Crippen molar-refractivity contribution in [3.05, 3.63) is 24.3 Å². The van der Waals surface area contributed by atoms with Crippen LogP contribution < -0.4 is 10.1 Å². The highest BCUT2D eigenvalue weighted by Gasteiger charge is 2.18. The van der Waals surface area contributed by atoms with Crippen molar-refractivity contribution in [3.8, 4) is 5.75 Å².